The third-order valence-corrected chi connectivity index (χ3v) is 2.61. The van der Waals surface area contributed by atoms with Gasteiger partial charge >= 0.3 is 0 Å². The first kappa shape index (κ1) is 12.3. The average Bonchev–Trinajstić information content (AvgIpc) is 2.65. The molecule has 0 aromatic carbocycles. The molecule has 0 saturated carbocycles. The Kier molecular flexibility index (Phi) is 4.89. The quantitative estimate of drug-likeness (QED) is 0.771. The van der Waals surface area contributed by atoms with Gasteiger partial charge in [0, 0.05) is 6.04 Å². The molecule has 1 aromatic heterocycles. The summed E-state index contributed by atoms with van der Waals surface area (Å²) in [6.45, 7) is 8.94. The van der Waals surface area contributed by atoms with Crippen LogP contribution in [0.4, 0.5) is 0 Å². The first-order valence-corrected chi connectivity index (χ1v) is 5.93. The summed E-state index contributed by atoms with van der Waals surface area (Å²) in [5.74, 6) is 1.79. The van der Waals surface area contributed by atoms with Crippen molar-refractivity contribution >= 4 is 0 Å². The second-order valence-corrected chi connectivity index (χ2v) is 4.67. The highest BCUT2D eigenvalue weighted by molar-refractivity contribution is 5.04. The Bertz CT molecular complexity index is 254. The Balaban J connectivity index is 2.47. The molecule has 0 fully saturated rings. The maximum absolute atomic E-state index is 5.43. The van der Waals surface area contributed by atoms with Crippen molar-refractivity contribution in [3.63, 3.8) is 0 Å². The molecular formula is C13H23NO. The second-order valence-electron chi connectivity index (χ2n) is 4.67. The van der Waals surface area contributed by atoms with E-state index in [2.05, 4.69) is 33.0 Å². The second kappa shape index (κ2) is 5.96. The molecule has 0 aliphatic carbocycles. The molecule has 15 heavy (non-hydrogen) atoms. The Labute approximate surface area is 93.1 Å². The molecule has 2 heteroatoms. The lowest BCUT2D eigenvalue weighted by Crippen LogP contribution is -2.31. The largest absolute Gasteiger partial charge is 0.468 e. The topological polar surface area (TPSA) is 25.2 Å². The van der Waals surface area contributed by atoms with E-state index in [-0.39, 0.29) is 0 Å². The number of hydrogen-bond donors (Lipinski definition) is 1. The molecule has 0 spiro atoms. The lowest BCUT2D eigenvalue weighted by Gasteiger charge is -2.22. The van der Waals surface area contributed by atoms with Crippen molar-refractivity contribution in [2.24, 2.45) is 5.92 Å². The van der Waals surface area contributed by atoms with Crippen LogP contribution in [0.2, 0.25) is 0 Å². The highest BCUT2D eigenvalue weighted by Gasteiger charge is 2.15. The van der Waals surface area contributed by atoms with E-state index in [1.807, 2.05) is 12.1 Å². The summed E-state index contributed by atoms with van der Waals surface area (Å²) >= 11 is 0. The van der Waals surface area contributed by atoms with Gasteiger partial charge in [0.2, 0.25) is 0 Å². The van der Waals surface area contributed by atoms with Gasteiger partial charge in [-0.15, -0.1) is 0 Å². The molecule has 1 aromatic rings. The van der Waals surface area contributed by atoms with Gasteiger partial charge < -0.3 is 9.73 Å². The van der Waals surface area contributed by atoms with E-state index >= 15 is 0 Å². The van der Waals surface area contributed by atoms with Crippen LogP contribution >= 0.6 is 0 Å². The maximum Gasteiger partial charge on any atom is 0.120 e. The van der Waals surface area contributed by atoms with Gasteiger partial charge in [-0.2, -0.15) is 0 Å². The third kappa shape index (κ3) is 4.08. The van der Waals surface area contributed by atoms with Gasteiger partial charge in [-0.3, -0.25) is 0 Å². The lowest BCUT2D eigenvalue weighted by atomic mass is 10.0. The summed E-state index contributed by atoms with van der Waals surface area (Å²) in [5.41, 5.74) is 0. The van der Waals surface area contributed by atoms with E-state index in [9.17, 15) is 0 Å². The van der Waals surface area contributed by atoms with Crippen molar-refractivity contribution in [3.8, 4) is 0 Å². The van der Waals surface area contributed by atoms with Crippen molar-refractivity contribution in [1.82, 2.24) is 5.32 Å². The first-order valence-electron chi connectivity index (χ1n) is 5.93. The van der Waals surface area contributed by atoms with E-state index in [4.69, 9.17) is 4.42 Å². The van der Waals surface area contributed by atoms with Crippen LogP contribution in [0.5, 0.6) is 0 Å². The van der Waals surface area contributed by atoms with Crippen LogP contribution in [0.1, 0.15) is 52.3 Å². The van der Waals surface area contributed by atoms with Crippen molar-refractivity contribution in [2.45, 2.75) is 52.6 Å². The molecule has 0 aliphatic rings. The molecule has 0 saturated heterocycles. The molecule has 0 amide bonds. The predicted molar refractivity (Wildman–Crippen MR) is 63.8 cm³/mol. The van der Waals surface area contributed by atoms with Gasteiger partial charge in [0.1, 0.15) is 5.76 Å². The SMILES string of the molecule is CCC(NC(C)CC(C)C)c1ccco1. The van der Waals surface area contributed by atoms with Crippen molar-refractivity contribution in [1.29, 1.82) is 0 Å². The number of furan rings is 1. The van der Waals surface area contributed by atoms with Crippen LogP contribution < -0.4 is 5.32 Å². The Morgan fingerprint density at radius 2 is 2.07 bits per heavy atom. The molecule has 0 aliphatic heterocycles. The fraction of sp³-hybridized carbons (Fsp3) is 0.692. The Morgan fingerprint density at radius 3 is 2.53 bits per heavy atom. The van der Waals surface area contributed by atoms with E-state index in [0.29, 0.717) is 12.1 Å². The van der Waals surface area contributed by atoms with E-state index < -0.39 is 0 Å². The first-order chi connectivity index (χ1) is 7.13. The maximum atomic E-state index is 5.43. The summed E-state index contributed by atoms with van der Waals surface area (Å²) in [5, 5.41) is 3.61. The molecule has 0 radical (unpaired) electrons. The molecule has 2 atom stereocenters. The number of hydrogen-bond acceptors (Lipinski definition) is 2. The smallest absolute Gasteiger partial charge is 0.120 e. The molecule has 0 bridgehead atoms. The van der Waals surface area contributed by atoms with Gasteiger partial charge in [0.25, 0.3) is 0 Å². The summed E-state index contributed by atoms with van der Waals surface area (Å²) < 4.78 is 5.43. The van der Waals surface area contributed by atoms with Crippen LogP contribution in [0.3, 0.4) is 0 Å². The monoisotopic (exact) mass is 209 g/mol. The van der Waals surface area contributed by atoms with Gasteiger partial charge in [0.05, 0.1) is 12.3 Å². The van der Waals surface area contributed by atoms with Crippen LogP contribution in [-0.2, 0) is 0 Å². The third-order valence-electron chi connectivity index (χ3n) is 2.61. The summed E-state index contributed by atoms with van der Waals surface area (Å²) in [7, 11) is 0. The van der Waals surface area contributed by atoms with Crippen molar-refractivity contribution < 1.29 is 4.42 Å². The molecule has 2 unspecified atom stereocenters. The minimum Gasteiger partial charge on any atom is -0.468 e. The summed E-state index contributed by atoms with van der Waals surface area (Å²) in [6, 6.07) is 4.89. The standard InChI is InChI=1S/C13H23NO/c1-5-12(13-7-6-8-15-13)14-11(4)9-10(2)3/h6-8,10-12,14H,5,9H2,1-4H3. The zero-order valence-electron chi connectivity index (χ0n) is 10.3. The lowest BCUT2D eigenvalue weighted by molar-refractivity contribution is 0.345. The van der Waals surface area contributed by atoms with E-state index in [0.717, 1.165) is 18.1 Å². The average molecular weight is 209 g/mol. The van der Waals surface area contributed by atoms with Crippen molar-refractivity contribution in [3.05, 3.63) is 24.2 Å². The molecular weight excluding hydrogens is 186 g/mol. The van der Waals surface area contributed by atoms with E-state index in [1.165, 1.54) is 6.42 Å². The highest BCUT2D eigenvalue weighted by Crippen LogP contribution is 2.18. The molecule has 86 valence electrons. The van der Waals surface area contributed by atoms with Gasteiger partial charge in [0.15, 0.2) is 0 Å². The Hall–Kier alpha value is -0.760. The van der Waals surface area contributed by atoms with Crippen LogP contribution in [0, 0.1) is 5.92 Å². The van der Waals surface area contributed by atoms with Crippen LogP contribution in [0.15, 0.2) is 22.8 Å². The minimum absolute atomic E-state index is 0.355. The van der Waals surface area contributed by atoms with Crippen LogP contribution in [0.25, 0.3) is 0 Å². The normalized spacial score (nSPS) is 15.5. The van der Waals surface area contributed by atoms with Gasteiger partial charge in [-0.1, -0.05) is 20.8 Å². The zero-order chi connectivity index (χ0) is 11.3. The predicted octanol–water partition coefficient (Wildman–Crippen LogP) is 3.75. The molecule has 1 rings (SSSR count). The fourth-order valence-electron chi connectivity index (χ4n) is 2.01. The van der Waals surface area contributed by atoms with Gasteiger partial charge in [-0.25, -0.2) is 0 Å². The molecule has 1 N–H and O–H groups in total. The summed E-state index contributed by atoms with van der Waals surface area (Å²) in [4.78, 5) is 0. The van der Waals surface area contributed by atoms with Crippen LogP contribution in [-0.4, -0.2) is 6.04 Å². The fourth-order valence-corrected chi connectivity index (χ4v) is 2.01. The van der Waals surface area contributed by atoms with Crippen molar-refractivity contribution in [2.75, 3.05) is 0 Å². The minimum atomic E-state index is 0.355. The van der Waals surface area contributed by atoms with Gasteiger partial charge in [-0.05, 0) is 37.8 Å². The molecule has 1 heterocycles. The van der Waals surface area contributed by atoms with E-state index in [1.54, 1.807) is 6.26 Å². The number of nitrogens with one attached hydrogen (secondary N) is 1. The molecule has 2 nitrogen and oxygen atoms in total. The highest BCUT2D eigenvalue weighted by atomic mass is 16.3. The number of rotatable bonds is 6. The Morgan fingerprint density at radius 1 is 1.33 bits per heavy atom. The summed E-state index contributed by atoms with van der Waals surface area (Å²) in [6.07, 6.45) is 4.01. The zero-order valence-corrected chi connectivity index (χ0v) is 10.3.